The molecule has 7 heteroatoms. The van der Waals surface area contributed by atoms with Crippen LogP contribution in [0.15, 0.2) is 66.7 Å². The summed E-state index contributed by atoms with van der Waals surface area (Å²) in [5.41, 5.74) is 4.24. The fraction of sp³-hybridized carbons (Fsp3) is 0.419. The zero-order valence-corrected chi connectivity index (χ0v) is 21.8. The van der Waals surface area contributed by atoms with Crippen LogP contribution in [-0.2, 0) is 9.59 Å². The lowest BCUT2D eigenvalue weighted by atomic mass is 9.84. The molecule has 2 saturated carbocycles. The van der Waals surface area contributed by atoms with Gasteiger partial charge < -0.3 is 14.7 Å². The third-order valence-electron chi connectivity index (χ3n) is 8.16. The van der Waals surface area contributed by atoms with Crippen LogP contribution in [0.1, 0.15) is 32.1 Å². The Morgan fingerprint density at radius 3 is 2.05 bits per heavy atom. The van der Waals surface area contributed by atoms with Crippen LogP contribution in [0.3, 0.4) is 0 Å². The van der Waals surface area contributed by atoms with Gasteiger partial charge in [-0.05, 0) is 54.9 Å². The highest BCUT2D eigenvalue weighted by Gasteiger charge is 2.35. The van der Waals surface area contributed by atoms with E-state index in [1.165, 1.54) is 24.0 Å². The molecule has 38 heavy (non-hydrogen) atoms. The van der Waals surface area contributed by atoms with Crippen molar-refractivity contribution >= 4 is 17.6 Å². The first-order valence-electron chi connectivity index (χ1n) is 13.9. The third kappa shape index (κ3) is 5.57. The van der Waals surface area contributed by atoms with Gasteiger partial charge in [-0.15, -0.1) is 10.2 Å². The molecule has 2 heterocycles. The molecule has 1 saturated heterocycles. The number of hydrogen-bond donors (Lipinski definition) is 0. The summed E-state index contributed by atoms with van der Waals surface area (Å²) < 4.78 is 0. The monoisotopic (exact) mass is 509 g/mol. The number of benzene rings is 2. The molecule has 7 nitrogen and oxygen atoms in total. The van der Waals surface area contributed by atoms with Crippen LogP contribution >= 0.6 is 0 Å². The third-order valence-corrected chi connectivity index (χ3v) is 8.16. The van der Waals surface area contributed by atoms with E-state index in [0.717, 1.165) is 42.9 Å². The molecule has 6 rings (SSSR count). The Morgan fingerprint density at radius 1 is 0.763 bits per heavy atom. The Morgan fingerprint density at radius 2 is 1.45 bits per heavy atom. The number of aromatic nitrogens is 2. The Hall–Kier alpha value is -3.74. The van der Waals surface area contributed by atoms with Gasteiger partial charge in [0.2, 0.25) is 11.8 Å². The van der Waals surface area contributed by atoms with E-state index in [2.05, 4.69) is 51.5 Å². The van der Waals surface area contributed by atoms with Crippen molar-refractivity contribution < 1.29 is 9.59 Å². The summed E-state index contributed by atoms with van der Waals surface area (Å²) in [6.45, 7) is 3.67. The van der Waals surface area contributed by atoms with Crippen LogP contribution in [-0.4, -0.2) is 71.1 Å². The van der Waals surface area contributed by atoms with Crippen molar-refractivity contribution in [2.75, 3.05) is 44.2 Å². The quantitative estimate of drug-likeness (QED) is 0.447. The molecule has 2 aromatic carbocycles. The number of nitrogens with zero attached hydrogens (tertiary/aromatic N) is 5. The summed E-state index contributed by atoms with van der Waals surface area (Å²) in [5.74, 6) is 1.82. The highest BCUT2D eigenvalue weighted by atomic mass is 16.2. The molecule has 0 bridgehead atoms. The number of piperazine rings is 1. The fourth-order valence-electron chi connectivity index (χ4n) is 5.32. The van der Waals surface area contributed by atoms with Crippen LogP contribution in [0.5, 0.6) is 0 Å². The summed E-state index contributed by atoms with van der Waals surface area (Å²) in [4.78, 5) is 31.9. The van der Waals surface area contributed by atoms with Gasteiger partial charge in [0.05, 0.1) is 12.2 Å². The molecule has 1 aromatic heterocycles. The molecule has 0 atom stereocenters. The van der Waals surface area contributed by atoms with E-state index in [9.17, 15) is 9.59 Å². The smallest absolute Gasteiger partial charge is 0.242 e. The zero-order chi connectivity index (χ0) is 25.9. The van der Waals surface area contributed by atoms with Crippen molar-refractivity contribution in [3.05, 3.63) is 66.7 Å². The van der Waals surface area contributed by atoms with Crippen molar-refractivity contribution in [2.45, 2.75) is 32.1 Å². The number of rotatable bonds is 8. The van der Waals surface area contributed by atoms with Gasteiger partial charge in [0.1, 0.15) is 0 Å². The fourth-order valence-corrected chi connectivity index (χ4v) is 5.32. The molecule has 0 radical (unpaired) electrons. The van der Waals surface area contributed by atoms with Crippen molar-refractivity contribution in [1.29, 1.82) is 0 Å². The normalized spacial score (nSPS) is 17.7. The molecule has 2 amide bonds. The summed E-state index contributed by atoms with van der Waals surface area (Å²) in [6.07, 6.45) is 5.45. The van der Waals surface area contributed by atoms with E-state index in [1.807, 2.05) is 40.1 Å². The molecule has 3 aliphatic rings. The minimum Gasteiger partial charge on any atom is -0.352 e. The second-order valence-electron chi connectivity index (χ2n) is 10.9. The lowest BCUT2D eigenvalue weighted by molar-refractivity contribution is -0.145. The van der Waals surface area contributed by atoms with Crippen molar-refractivity contribution in [1.82, 2.24) is 20.0 Å². The molecule has 0 N–H and O–H groups in total. The first-order valence-corrected chi connectivity index (χ1v) is 13.9. The van der Waals surface area contributed by atoms with Gasteiger partial charge in [-0.2, -0.15) is 0 Å². The zero-order valence-electron chi connectivity index (χ0n) is 21.8. The van der Waals surface area contributed by atoms with Crippen molar-refractivity contribution in [3.8, 4) is 22.4 Å². The minimum absolute atomic E-state index is 0.0679. The molecule has 3 aromatic rings. The molecule has 1 aliphatic heterocycles. The largest absolute Gasteiger partial charge is 0.352 e. The summed E-state index contributed by atoms with van der Waals surface area (Å²) >= 11 is 0. The summed E-state index contributed by atoms with van der Waals surface area (Å²) in [5, 5.41) is 8.98. The van der Waals surface area contributed by atoms with Gasteiger partial charge in [0.15, 0.2) is 5.82 Å². The second-order valence-corrected chi connectivity index (χ2v) is 10.9. The standard InChI is InChI=1S/C31H35N5O2/c37-30(22-36(21-23-9-10-23)31(38)27-7-4-8-27)35-19-17-34(18-20-35)29-16-15-28(32-33-29)26-13-11-25(12-14-26)24-5-2-1-3-6-24/h1-3,5-6,11-16,23,27H,4,7-10,17-22H2. The molecule has 3 fully saturated rings. The van der Waals surface area contributed by atoms with Crippen LogP contribution < -0.4 is 4.90 Å². The molecular formula is C31H35N5O2. The van der Waals surface area contributed by atoms with Crippen molar-refractivity contribution in [2.24, 2.45) is 11.8 Å². The lowest BCUT2D eigenvalue weighted by Gasteiger charge is -2.37. The summed E-state index contributed by atoms with van der Waals surface area (Å²) in [7, 11) is 0. The summed E-state index contributed by atoms with van der Waals surface area (Å²) in [6, 6.07) is 22.7. The first kappa shape index (κ1) is 24.6. The number of anilines is 1. The SMILES string of the molecule is O=C(CN(CC1CC1)C(=O)C1CCC1)N1CCN(c2ccc(-c3ccc(-c4ccccc4)cc3)nn2)CC1. The molecular weight excluding hydrogens is 474 g/mol. The molecule has 196 valence electrons. The van der Waals surface area contributed by atoms with Crippen molar-refractivity contribution in [3.63, 3.8) is 0 Å². The Balaban J connectivity index is 1.03. The predicted molar refractivity (Wildman–Crippen MR) is 148 cm³/mol. The van der Waals surface area contributed by atoms with E-state index in [1.54, 1.807) is 0 Å². The maximum atomic E-state index is 13.1. The van der Waals surface area contributed by atoms with E-state index in [0.29, 0.717) is 32.1 Å². The Bertz CT molecular complexity index is 1250. The topological polar surface area (TPSA) is 69.6 Å². The van der Waals surface area contributed by atoms with E-state index < -0.39 is 0 Å². The predicted octanol–water partition coefficient (Wildman–Crippen LogP) is 4.50. The van der Waals surface area contributed by atoms with Gasteiger partial charge in [-0.25, -0.2) is 0 Å². The number of carbonyl (C=O) groups is 2. The molecule has 0 spiro atoms. The van der Waals surface area contributed by atoms with Gasteiger partial charge in [-0.1, -0.05) is 61.0 Å². The average molecular weight is 510 g/mol. The number of hydrogen-bond acceptors (Lipinski definition) is 5. The van der Waals surface area contributed by atoms with Crippen LogP contribution in [0.2, 0.25) is 0 Å². The molecule has 0 unspecified atom stereocenters. The van der Waals surface area contributed by atoms with Gasteiger partial charge in [0, 0.05) is 44.2 Å². The highest BCUT2D eigenvalue weighted by molar-refractivity contribution is 5.86. The van der Waals surface area contributed by atoms with Gasteiger partial charge >= 0.3 is 0 Å². The van der Waals surface area contributed by atoms with E-state index in [-0.39, 0.29) is 24.3 Å². The molecule has 2 aliphatic carbocycles. The Labute approximate surface area is 224 Å². The number of carbonyl (C=O) groups excluding carboxylic acids is 2. The van der Waals surface area contributed by atoms with E-state index in [4.69, 9.17) is 0 Å². The highest BCUT2D eigenvalue weighted by Crippen LogP contribution is 2.33. The first-order chi connectivity index (χ1) is 18.6. The number of amides is 2. The average Bonchev–Trinajstić information content (AvgIpc) is 3.77. The Kier molecular flexibility index (Phi) is 7.08. The maximum Gasteiger partial charge on any atom is 0.242 e. The van der Waals surface area contributed by atoms with Gasteiger partial charge in [-0.3, -0.25) is 9.59 Å². The van der Waals surface area contributed by atoms with Crippen LogP contribution in [0, 0.1) is 11.8 Å². The second kappa shape index (κ2) is 10.9. The minimum atomic E-state index is 0.0679. The maximum absolute atomic E-state index is 13.1. The van der Waals surface area contributed by atoms with Gasteiger partial charge in [0.25, 0.3) is 0 Å². The van der Waals surface area contributed by atoms with E-state index >= 15 is 0 Å². The van der Waals surface area contributed by atoms with Crippen LogP contribution in [0.4, 0.5) is 5.82 Å². The van der Waals surface area contributed by atoms with Crippen LogP contribution in [0.25, 0.3) is 22.4 Å². The lowest BCUT2D eigenvalue weighted by Crippen LogP contribution is -2.53.